The van der Waals surface area contributed by atoms with Crippen molar-refractivity contribution in [2.24, 2.45) is 0 Å². The maximum atomic E-state index is 4.77. The molecule has 0 saturated carbocycles. The molecule has 3 heteroatoms. The summed E-state index contributed by atoms with van der Waals surface area (Å²) in [5, 5.41) is 3.56. The fourth-order valence-corrected chi connectivity index (χ4v) is 3.14. The van der Waals surface area contributed by atoms with E-state index in [4.69, 9.17) is 4.98 Å². The molecule has 1 atom stereocenters. The Balaban J connectivity index is 1.93. The summed E-state index contributed by atoms with van der Waals surface area (Å²) in [5.41, 5.74) is 4.63. The Labute approximate surface area is 130 Å². The normalized spacial score (nSPS) is 17.0. The predicted molar refractivity (Wildman–Crippen MR) is 91.9 cm³/mol. The van der Waals surface area contributed by atoms with Crippen molar-refractivity contribution in [1.82, 2.24) is 9.55 Å². The van der Waals surface area contributed by atoms with Crippen molar-refractivity contribution in [3.63, 3.8) is 0 Å². The lowest BCUT2D eigenvalue weighted by Crippen LogP contribution is -2.25. The lowest BCUT2D eigenvalue weighted by molar-refractivity contribution is 0.720. The number of benzene rings is 2. The zero-order valence-electron chi connectivity index (χ0n) is 12.7. The zero-order valence-corrected chi connectivity index (χ0v) is 12.7. The van der Waals surface area contributed by atoms with Crippen LogP contribution < -0.4 is 5.32 Å². The van der Waals surface area contributed by atoms with Gasteiger partial charge in [0.15, 0.2) is 0 Å². The summed E-state index contributed by atoms with van der Waals surface area (Å²) >= 11 is 0. The number of imidazole rings is 1. The van der Waals surface area contributed by atoms with E-state index in [1.165, 1.54) is 11.3 Å². The first-order valence-corrected chi connectivity index (χ1v) is 7.88. The molecular formula is C19H19N3. The lowest BCUT2D eigenvalue weighted by atomic mass is 10.0. The molecule has 3 nitrogen and oxygen atoms in total. The monoisotopic (exact) mass is 289 g/mol. The Morgan fingerprint density at radius 3 is 2.64 bits per heavy atom. The van der Waals surface area contributed by atoms with E-state index in [9.17, 15) is 0 Å². The van der Waals surface area contributed by atoms with Gasteiger partial charge in [-0.1, -0.05) is 55.8 Å². The molecule has 1 unspecified atom stereocenters. The van der Waals surface area contributed by atoms with Crippen molar-refractivity contribution in [2.75, 3.05) is 5.32 Å². The molecule has 0 fully saturated rings. The van der Waals surface area contributed by atoms with Crippen molar-refractivity contribution in [3.05, 3.63) is 66.2 Å². The quantitative estimate of drug-likeness (QED) is 0.768. The Kier molecular flexibility index (Phi) is 3.19. The molecule has 4 rings (SSSR count). The fourth-order valence-electron chi connectivity index (χ4n) is 3.14. The van der Waals surface area contributed by atoms with Crippen LogP contribution in [0.5, 0.6) is 0 Å². The summed E-state index contributed by atoms with van der Waals surface area (Å²) in [6.45, 7) is 2.22. The van der Waals surface area contributed by atoms with Crippen LogP contribution in [0.4, 0.5) is 5.95 Å². The maximum absolute atomic E-state index is 4.77. The average molecular weight is 289 g/mol. The number of hydrogen-bond acceptors (Lipinski definition) is 2. The molecule has 3 aromatic rings. The van der Waals surface area contributed by atoms with Gasteiger partial charge in [0, 0.05) is 6.04 Å². The van der Waals surface area contributed by atoms with Gasteiger partial charge in [-0.2, -0.15) is 0 Å². The number of para-hydroxylation sites is 2. The Bertz CT molecular complexity index is 830. The second kappa shape index (κ2) is 5.34. The van der Waals surface area contributed by atoms with E-state index >= 15 is 0 Å². The molecule has 0 saturated heterocycles. The van der Waals surface area contributed by atoms with E-state index in [1.807, 2.05) is 6.07 Å². The molecule has 2 aromatic carbocycles. The fraction of sp³-hybridized carbons (Fsp3) is 0.211. The van der Waals surface area contributed by atoms with Gasteiger partial charge in [-0.15, -0.1) is 0 Å². The van der Waals surface area contributed by atoms with Gasteiger partial charge in [0.05, 0.1) is 16.7 Å². The summed E-state index contributed by atoms with van der Waals surface area (Å²) in [4.78, 5) is 4.77. The molecule has 0 amide bonds. The number of fused-ring (bicyclic) bond motifs is 3. The molecule has 1 aliphatic rings. The molecule has 22 heavy (non-hydrogen) atoms. The summed E-state index contributed by atoms with van der Waals surface area (Å²) in [6, 6.07) is 19.2. The molecule has 0 spiro atoms. The molecule has 0 bridgehead atoms. The highest BCUT2D eigenvalue weighted by molar-refractivity contribution is 5.87. The summed E-state index contributed by atoms with van der Waals surface area (Å²) in [7, 11) is 0. The number of aromatic nitrogens is 2. The van der Waals surface area contributed by atoms with Crippen LogP contribution in [-0.4, -0.2) is 15.6 Å². The van der Waals surface area contributed by atoms with E-state index in [0.717, 1.165) is 29.8 Å². The summed E-state index contributed by atoms with van der Waals surface area (Å²) < 4.78 is 2.23. The first-order chi connectivity index (χ1) is 10.9. The molecular weight excluding hydrogens is 270 g/mol. The van der Waals surface area contributed by atoms with Crippen molar-refractivity contribution in [3.8, 4) is 0 Å². The SMILES string of the molecule is CCCC1C=C(c2ccccc2)n2c(nc3ccccc32)N1. The van der Waals surface area contributed by atoms with Crippen molar-refractivity contribution >= 4 is 22.7 Å². The van der Waals surface area contributed by atoms with E-state index in [0.29, 0.717) is 6.04 Å². The maximum Gasteiger partial charge on any atom is 0.209 e. The Hall–Kier alpha value is -2.55. The summed E-state index contributed by atoms with van der Waals surface area (Å²) in [5.74, 6) is 0.945. The Morgan fingerprint density at radius 1 is 1.05 bits per heavy atom. The van der Waals surface area contributed by atoms with Crippen LogP contribution in [0.25, 0.3) is 16.7 Å². The van der Waals surface area contributed by atoms with E-state index < -0.39 is 0 Å². The number of rotatable bonds is 3. The van der Waals surface area contributed by atoms with E-state index in [1.54, 1.807) is 0 Å². The van der Waals surface area contributed by atoms with Crippen LogP contribution in [0.15, 0.2) is 60.7 Å². The third-order valence-electron chi connectivity index (χ3n) is 4.14. The smallest absolute Gasteiger partial charge is 0.209 e. The van der Waals surface area contributed by atoms with E-state index in [2.05, 4.69) is 71.4 Å². The third-order valence-corrected chi connectivity index (χ3v) is 4.14. The highest BCUT2D eigenvalue weighted by Crippen LogP contribution is 2.32. The van der Waals surface area contributed by atoms with E-state index in [-0.39, 0.29) is 0 Å². The molecule has 1 aliphatic heterocycles. The highest BCUT2D eigenvalue weighted by Gasteiger charge is 2.22. The molecule has 2 heterocycles. The van der Waals surface area contributed by atoms with Crippen molar-refractivity contribution < 1.29 is 0 Å². The number of nitrogens with zero attached hydrogens (tertiary/aromatic N) is 2. The van der Waals surface area contributed by atoms with Crippen LogP contribution in [0, 0.1) is 0 Å². The standard InChI is InChI=1S/C19H19N3/c1-2-8-15-13-18(14-9-4-3-5-10-14)22-17-12-7-6-11-16(17)21-19(22)20-15/h3-7,9-13,15H,2,8H2,1H3,(H,20,21). The number of anilines is 1. The van der Waals surface area contributed by atoms with Crippen LogP contribution in [0.1, 0.15) is 25.3 Å². The highest BCUT2D eigenvalue weighted by atomic mass is 15.2. The van der Waals surface area contributed by atoms with Crippen molar-refractivity contribution in [1.29, 1.82) is 0 Å². The molecule has 0 aliphatic carbocycles. The zero-order chi connectivity index (χ0) is 14.9. The summed E-state index contributed by atoms with van der Waals surface area (Å²) in [6.07, 6.45) is 4.59. The number of nitrogens with one attached hydrogen (secondary N) is 1. The van der Waals surface area contributed by atoms with Crippen LogP contribution in [-0.2, 0) is 0 Å². The minimum absolute atomic E-state index is 0.338. The van der Waals surface area contributed by atoms with Crippen LogP contribution >= 0.6 is 0 Å². The molecule has 1 N–H and O–H groups in total. The van der Waals surface area contributed by atoms with Gasteiger partial charge >= 0.3 is 0 Å². The van der Waals surface area contributed by atoms with Gasteiger partial charge < -0.3 is 5.32 Å². The second-order valence-corrected chi connectivity index (χ2v) is 5.72. The van der Waals surface area contributed by atoms with Gasteiger partial charge in [-0.05, 0) is 30.2 Å². The van der Waals surface area contributed by atoms with Gasteiger partial charge in [-0.25, -0.2) is 4.98 Å². The molecule has 110 valence electrons. The van der Waals surface area contributed by atoms with Crippen LogP contribution in [0.3, 0.4) is 0 Å². The average Bonchev–Trinajstić information content (AvgIpc) is 2.93. The van der Waals surface area contributed by atoms with Crippen LogP contribution in [0.2, 0.25) is 0 Å². The van der Waals surface area contributed by atoms with Gasteiger partial charge in [0.1, 0.15) is 0 Å². The first kappa shape index (κ1) is 13.1. The van der Waals surface area contributed by atoms with Crippen molar-refractivity contribution in [2.45, 2.75) is 25.8 Å². The topological polar surface area (TPSA) is 29.9 Å². The second-order valence-electron chi connectivity index (χ2n) is 5.72. The largest absolute Gasteiger partial charge is 0.349 e. The third kappa shape index (κ3) is 2.10. The van der Waals surface area contributed by atoms with Gasteiger partial charge in [0.25, 0.3) is 0 Å². The minimum atomic E-state index is 0.338. The molecule has 0 radical (unpaired) electrons. The van der Waals surface area contributed by atoms with Gasteiger partial charge in [-0.3, -0.25) is 4.57 Å². The lowest BCUT2D eigenvalue weighted by Gasteiger charge is -2.25. The predicted octanol–water partition coefficient (Wildman–Crippen LogP) is 4.52. The first-order valence-electron chi connectivity index (χ1n) is 7.88. The Morgan fingerprint density at radius 2 is 1.82 bits per heavy atom. The number of hydrogen-bond donors (Lipinski definition) is 1. The van der Waals surface area contributed by atoms with Gasteiger partial charge in [0.2, 0.25) is 5.95 Å². The minimum Gasteiger partial charge on any atom is -0.349 e. The molecule has 1 aromatic heterocycles.